The minimum absolute atomic E-state index is 0.0650. The first-order valence-corrected chi connectivity index (χ1v) is 37.4. The monoisotopic (exact) mass is 1200 g/mol. The van der Waals surface area contributed by atoms with Crippen LogP contribution in [0.1, 0.15) is 373 Å². The Labute approximate surface area is 535 Å². The van der Waals surface area contributed by atoms with Crippen LogP contribution in [0.25, 0.3) is 0 Å². The molecule has 5 nitrogen and oxygen atoms in total. The Morgan fingerprint density at radius 1 is 0.279 bits per heavy atom. The third kappa shape index (κ3) is 73.0. The van der Waals surface area contributed by atoms with E-state index in [1.165, 1.54) is 257 Å². The number of ether oxygens (including phenoxy) is 2. The molecular weight excluding hydrogens is 1050 g/mol. The smallest absolute Gasteiger partial charge is 0.306 e. The van der Waals surface area contributed by atoms with Crippen molar-refractivity contribution in [2.24, 2.45) is 0 Å². The molecule has 0 aromatic heterocycles. The van der Waals surface area contributed by atoms with Gasteiger partial charge in [-0.25, -0.2) is 0 Å². The van der Waals surface area contributed by atoms with Gasteiger partial charge in [-0.3, -0.25) is 9.59 Å². The van der Waals surface area contributed by atoms with Gasteiger partial charge in [-0.2, -0.15) is 0 Å². The molecule has 0 amide bonds. The van der Waals surface area contributed by atoms with Crippen LogP contribution in [0.15, 0.2) is 109 Å². The van der Waals surface area contributed by atoms with E-state index in [0.29, 0.717) is 12.8 Å². The van der Waals surface area contributed by atoms with Gasteiger partial charge in [0.15, 0.2) is 6.10 Å². The Kier molecular flexibility index (Phi) is 72.8. The zero-order chi connectivity index (χ0) is 61.9. The number of carbonyl (C=O) groups excluding carboxylic acids is 2. The molecule has 1 unspecified atom stereocenters. The topological polar surface area (TPSA) is 72.8 Å². The molecule has 0 rings (SSSR count). The number of carbonyl (C=O) groups is 2. The second-order valence-corrected chi connectivity index (χ2v) is 25.0. The lowest BCUT2D eigenvalue weighted by atomic mass is 10.0. The number of allylic oxidation sites excluding steroid dienone is 18. The fourth-order valence-electron chi connectivity index (χ4n) is 11.0. The highest BCUT2D eigenvalue weighted by atomic mass is 16.6. The molecule has 0 aliphatic carbocycles. The summed E-state index contributed by atoms with van der Waals surface area (Å²) in [5.41, 5.74) is 0. The Morgan fingerprint density at radius 2 is 0.500 bits per heavy atom. The molecule has 0 fully saturated rings. The van der Waals surface area contributed by atoms with Crippen LogP contribution in [-0.4, -0.2) is 36.4 Å². The molecule has 0 aromatic carbocycles. The van der Waals surface area contributed by atoms with Gasteiger partial charge < -0.3 is 14.6 Å². The maximum atomic E-state index is 12.4. The van der Waals surface area contributed by atoms with E-state index in [0.717, 1.165) is 89.9 Å². The number of unbranched alkanes of at least 4 members (excludes halogenated alkanes) is 43. The summed E-state index contributed by atoms with van der Waals surface area (Å²) in [6.07, 6.45) is 110. The number of hydrogen-bond donors (Lipinski definition) is 1. The molecule has 0 saturated heterocycles. The SMILES string of the molecule is CC/C=C\C/C=C\C/C=C\C/C=C\C/C=C\C/C=C\CCCCCCCCCCCCCCCCCCC(=O)OC(CO)COC(=O)CCCCCCCCCCCCCCCCCCCCCCCC/C=C\C/C=C\C/C=C\CCCCCCC. The summed E-state index contributed by atoms with van der Waals surface area (Å²) in [7, 11) is 0. The molecule has 5 heteroatoms. The highest BCUT2D eigenvalue weighted by Crippen LogP contribution is 2.18. The lowest BCUT2D eigenvalue weighted by Gasteiger charge is -2.15. The van der Waals surface area contributed by atoms with E-state index in [2.05, 4.69) is 123 Å². The van der Waals surface area contributed by atoms with Crippen molar-refractivity contribution in [1.29, 1.82) is 0 Å². The normalized spacial score (nSPS) is 12.8. The fourth-order valence-corrected chi connectivity index (χ4v) is 11.0. The lowest BCUT2D eigenvalue weighted by Crippen LogP contribution is -2.28. The summed E-state index contributed by atoms with van der Waals surface area (Å²) >= 11 is 0. The molecule has 1 atom stereocenters. The lowest BCUT2D eigenvalue weighted by molar-refractivity contribution is -0.161. The predicted octanol–water partition coefficient (Wildman–Crippen LogP) is 26.3. The van der Waals surface area contributed by atoms with Crippen LogP contribution >= 0.6 is 0 Å². The number of esters is 2. The molecule has 0 bridgehead atoms. The summed E-state index contributed by atoms with van der Waals surface area (Å²) in [6, 6.07) is 0. The highest BCUT2D eigenvalue weighted by Gasteiger charge is 2.16. The van der Waals surface area contributed by atoms with Gasteiger partial charge in [-0.1, -0.05) is 367 Å². The first-order chi connectivity index (χ1) is 42.6. The molecule has 0 aromatic rings. The summed E-state index contributed by atoms with van der Waals surface area (Å²) in [6.45, 7) is 4.05. The summed E-state index contributed by atoms with van der Waals surface area (Å²) in [5.74, 6) is -0.576. The fraction of sp³-hybridized carbons (Fsp3) is 0.753. The first kappa shape index (κ1) is 82.6. The molecule has 86 heavy (non-hydrogen) atoms. The molecule has 0 spiro atoms. The van der Waals surface area contributed by atoms with Crippen LogP contribution in [0, 0.1) is 0 Å². The summed E-state index contributed by atoms with van der Waals surface area (Å²) < 4.78 is 10.8. The third-order valence-corrected chi connectivity index (χ3v) is 16.6. The minimum atomic E-state index is -0.777. The number of aliphatic hydroxyl groups is 1. The largest absolute Gasteiger partial charge is 0.462 e. The third-order valence-electron chi connectivity index (χ3n) is 16.6. The quantitative estimate of drug-likeness (QED) is 0.0373. The maximum Gasteiger partial charge on any atom is 0.306 e. The van der Waals surface area contributed by atoms with Gasteiger partial charge in [-0.15, -0.1) is 0 Å². The van der Waals surface area contributed by atoms with Crippen molar-refractivity contribution >= 4 is 11.9 Å². The zero-order valence-electron chi connectivity index (χ0n) is 57.1. The van der Waals surface area contributed by atoms with Crippen molar-refractivity contribution in [1.82, 2.24) is 0 Å². The molecule has 0 saturated carbocycles. The van der Waals surface area contributed by atoms with Crippen LogP contribution in [0.2, 0.25) is 0 Å². The average molecular weight is 1200 g/mol. The standard InChI is InChI=1S/C81H142O5/c1-3-5-7-9-11-13-15-17-19-21-23-25-27-29-31-33-35-37-39-40-42-43-45-47-49-51-53-55-57-59-61-63-65-67-69-71-73-75-80(83)85-78-79(77-82)86-81(84)76-74-72-70-68-66-64-62-60-58-56-54-52-50-48-46-44-41-38-36-34-32-30-28-26-24-22-20-18-16-14-12-10-8-6-4-2/h6,8,12,14-15,17-18,20-21,23-24,26-27,29-30,32,36,38,79,82H,3-5,7,9-11,13,16,19,22,25,28,31,33-35,37,39-78H2,1-2H3/b8-6-,14-12-,17-15-,20-18-,23-21-,26-24-,29-27-,32-30-,38-36-. The van der Waals surface area contributed by atoms with E-state index in [-0.39, 0.29) is 25.2 Å². The van der Waals surface area contributed by atoms with Gasteiger partial charge in [0.05, 0.1) is 6.61 Å². The molecule has 496 valence electrons. The number of rotatable bonds is 69. The van der Waals surface area contributed by atoms with E-state index in [1.807, 2.05) is 0 Å². The second kappa shape index (κ2) is 75.8. The average Bonchev–Trinajstić information content (AvgIpc) is 3.55. The highest BCUT2D eigenvalue weighted by molar-refractivity contribution is 5.70. The van der Waals surface area contributed by atoms with Crippen LogP contribution in [-0.2, 0) is 19.1 Å². The van der Waals surface area contributed by atoms with E-state index >= 15 is 0 Å². The van der Waals surface area contributed by atoms with Crippen molar-refractivity contribution in [2.45, 2.75) is 380 Å². The second-order valence-electron chi connectivity index (χ2n) is 25.0. The maximum absolute atomic E-state index is 12.4. The molecule has 0 radical (unpaired) electrons. The molecule has 0 heterocycles. The van der Waals surface area contributed by atoms with Crippen LogP contribution in [0.5, 0.6) is 0 Å². The van der Waals surface area contributed by atoms with E-state index in [4.69, 9.17) is 9.47 Å². The zero-order valence-corrected chi connectivity index (χ0v) is 57.1. The van der Waals surface area contributed by atoms with Crippen molar-refractivity contribution < 1.29 is 24.2 Å². The van der Waals surface area contributed by atoms with Gasteiger partial charge in [0.2, 0.25) is 0 Å². The van der Waals surface area contributed by atoms with Crippen molar-refractivity contribution in [3.63, 3.8) is 0 Å². The number of hydrogen-bond acceptors (Lipinski definition) is 5. The van der Waals surface area contributed by atoms with E-state index in [1.54, 1.807) is 0 Å². The van der Waals surface area contributed by atoms with E-state index < -0.39 is 6.10 Å². The van der Waals surface area contributed by atoms with Gasteiger partial charge in [0.25, 0.3) is 0 Å². The van der Waals surface area contributed by atoms with Crippen LogP contribution < -0.4 is 0 Å². The predicted molar refractivity (Wildman–Crippen MR) is 380 cm³/mol. The summed E-state index contributed by atoms with van der Waals surface area (Å²) in [5, 5.41) is 9.72. The molecule has 0 aliphatic rings. The summed E-state index contributed by atoms with van der Waals surface area (Å²) in [4.78, 5) is 24.7. The van der Waals surface area contributed by atoms with Crippen LogP contribution in [0.4, 0.5) is 0 Å². The van der Waals surface area contributed by atoms with E-state index in [9.17, 15) is 14.7 Å². The Morgan fingerprint density at radius 3 is 0.756 bits per heavy atom. The number of aliphatic hydroxyl groups excluding tert-OH is 1. The Hall–Kier alpha value is -3.44. The van der Waals surface area contributed by atoms with Gasteiger partial charge >= 0.3 is 11.9 Å². The molecule has 1 N–H and O–H groups in total. The Balaban J connectivity index is 3.43. The minimum Gasteiger partial charge on any atom is -0.462 e. The van der Waals surface area contributed by atoms with Gasteiger partial charge in [-0.05, 0) is 103 Å². The van der Waals surface area contributed by atoms with Gasteiger partial charge in [0, 0.05) is 12.8 Å². The first-order valence-electron chi connectivity index (χ1n) is 37.4. The molecular formula is C81H142O5. The van der Waals surface area contributed by atoms with Crippen LogP contribution in [0.3, 0.4) is 0 Å². The van der Waals surface area contributed by atoms with Crippen molar-refractivity contribution in [2.75, 3.05) is 13.2 Å². The van der Waals surface area contributed by atoms with Crippen molar-refractivity contribution in [3.8, 4) is 0 Å². The Bertz CT molecular complexity index is 1640. The van der Waals surface area contributed by atoms with Gasteiger partial charge in [0.1, 0.15) is 6.61 Å². The van der Waals surface area contributed by atoms with Crippen molar-refractivity contribution in [3.05, 3.63) is 109 Å². The molecule has 0 aliphatic heterocycles.